The van der Waals surface area contributed by atoms with Gasteiger partial charge in [-0.25, -0.2) is 9.97 Å². The molecule has 0 saturated carbocycles. The van der Waals surface area contributed by atoms with Crippen molar-refractivity contribution in [3.05, 3.63) is 22.8 Å². The van der Waals surface area contributed by atoms with E-state index in [9.17, 15) is 35.9 Å². The average Bonchev–Trinajstić information content (AvgIpc) is 2.67. The summed E-state index contributed by atoms with van der Waals surface area (Å²) in [5.41, 5.74) is 3.47. The van der Waals surface area contributed by atoms with Crippen molar-refractivity contribution in [2.45, 2.75) is 57.5 Å². The van der Waals surface area contributed by atoms with Crippen molar-refractivity contribution in [2.75, 3.05) is 19.6 Å². The van der Waals surface area contributed by atoms with Crippen LogP contribution in [0.4, 0.5) is 26.3 Å². The Kier molecular flexibility index (Phi) is 6.68. The molecule has 2 aliphatic heterocycles. The number of fused-ring (bicyclic) bond motifs is 1. The molecule has 1 saturated heterocycles. The number of halogens is 6. The quantitative estimate of drug-likeness (QED) is 0.687. The zero-order valence-corrected chi connectivity index (χ0v) is 17.3. The van der Waals surface area contributed by atoms with Gasteiger partial charge in [0.05, 0.1) is 12.2 Å². The third-order valence-electron chi connectivity index (χ3n) is 5.57. The van der Waals surface area contributed by atoms with Crippen LogP contribution in [0.5, 0.6) is 0 Å². The van der Waals surface area contributed by atoms with Crippen LogP contribution in [0.2, 0.25) is 0 Å². The SMILES string of the molecule is C[C@H]1CCC(=O)N(C[C@H](N)CC(=O)N2CCc3c(nc(C(F)(F)F)nc3C(F)(F)F)C2)C1. The van der Waals surface area contributed by atoms with E-state index in [0.29, 0.717) is 18.9 Å². The number of aromatic nitrogens is 2. The number of amides is 2. The van der Waals surface area contributed by atoms with Crippen molar-refractivity contribution in [1.29, 1.82) is 0 Å². The molecule has 7 nitrogen and oxygen atoms in total. The van der Waals surface area contributed by atoms with Gasteiger partial charge in [0.25, 0.3) is 0 Å². The first-order chi connectivity index (χ1) is 14.8. The molecule has 0 aromatic carbocycles. The molecule has 178 valence electrons. The Labute approximate surface area is 180 Å². The number of carbonyl (C=O) groups is 2. The van der Waals surface area contributed by atoms with Crippen LogP contribution in [0.25, 0.3) is 0 Å². The molecule has 0 spiro atoms. The maximum absolute atomic E-state index is 13.3. The highest BCUT2D eigenvalue weighted by Crippen LogP contribution is 2.36. The summed E-state index contributed by atoms with van der Waals surface area (Å²) in [6, 6.07) is -0.708. The van der Waals surface area contributed by atoms with Gasteiger partial charge in [-0.2, -0.15) is 26.3 Å². The summed E-state index contributed by atoms with van der Waals surface area (Å²) in [5.74, 6) is -2.18. The van der Waals surface area contributed by atoms with Crippen LogP contribution in [-0.2, 0) is 34.9 Å². The smallest absolute Gasteiger partial charge is 0.341 e. The van der Waals surface area contributed by atoms with Crippen molar-refractivity contribution in [3.8, 4) is 0 Å². The maximum atomic E-state index is 13.3. The number of nitrogens with zero attached hydrogens (tertiary/aromatic N) is 4. The number of alkyl halides is 6. The van der Waals surface area contributed by atoms with E-state index in [-0.39, 0.29) is 31.8 Å². The first-order valence-electron chi connectivity index (χ1n) is 10.1. The largest absolute Gasteiger partial charge is 0.451 e. The Hall–Kier alpha value is -2.44. The molecule has 13 heteroatoms. The van der Waals surface area contributed by atoms with Crippen molar-refractivity contribution < 1.29 is 35.9 Å². The summed E-state index contributed by atoms with van der Waals surface area (Å²) in [7, 11) is 0. The fraction of sp³-hybridized carbons (Fsp3) is 0.684. The first kappa shape index (κ1) is 24.2. The van der Waals surface area contributed by atoms with E-state index in [0.717, 1.165) is 11.3 Å². The minimum Gasteiger partial charge on any atom is -0.341 e. The van der Waals surface area contributed by atoms with Gasteiger partial charge >= 0.3 is 12.4 Å². The molecule has 3 rings (SSSR count). The van der Waals surface area contributed by atoms with Gasteiger partial charge in [-0.3, -0.25) is 9.59 Å². The lowest BCUT2D eigenvalue weighted by molar-refractivity contribution is -0.153. The molecule has 2 amide bonds. The van der Waals surface area contributed by atoms with E-state index < -0.39 is 53.6 Å². The van der Waals surface area contributed by atoms with E-state index >= 15 is 0 Å². The second-order valence-electron chi connectivity index (χ2n) is 8.29. The van der Waals surface area contributed by atoms with Gasteiger partial charge in [0.15, 0.2) is 5.69 Å². The first-order valence-corrected chi connectivity index (χ1v) is 10.1. The molecule has 2 N–H and O–H groups in total. The summed E-state index contributed by atoms with van der Waals surface area (Å²) in [6.07, 6.45) is -9.60. The molecule has 2 aliphatic rings. The van der Waals surface area contributed by atoms with Crippen LogP contribution in [0.3, 0.4) is 0 Å². The lowest BCUT2D eigenvalue weighted by Crippen LogP contribution is -2.48. The van der Waals surface area contributed by atoms with Gasteiger partial charge in [-0.1, -0.05) is 6.92 Å². The van der Waals surface area contributed by atoms with Crippen molar-refractivity contribution in [3.63, 3.8) is 0 Å². The molecule has 0 aliphatic carbocycles. The average molecular weight is 467 g/mol. The van der Waals surface area contributed by atoms with Crippen LogP contribution in [0, 0.1) is 5.92 Å². The number of rotatable bonds is 4. The van der Waals surface area contributed by atoms with Crippen molar-refractivity contribution in [2.24, 2.45) is 11.7 Å². The minimum atomic E-state index is -5.16. The highest BCUT2D eigenvalue weighted by Gasteiger charge is 2.43. The van der Waals surface area contributed by atoms with Gasteiger partial charge in [0, 0.05) is 44.1 Å². The third-order valence-corrected chi connectivity index (χ3v) is 5.57. The van der Waals surface area contributed by atoms with E-state index in [4.69, 9.17) is 5.73 Å². The second-order valence-corrected chi connectivity index (χ2v) is 8.29. The van der Waals surface area contributed by atoms with Crippen LogP contribution in [0.15, 0.2) is 0 Å². The topological polar surface area (TPSA) is 92.4 Å². The number of piperidine rings is 1. The molecule has 32 heavy (non-hydrogen) atoms. The molecule has 1 fully saturated rings. The molecule has 0 unspecified atom stereocenters. The molecule has 2 atom stereocenters. The Morgan fingerprint density at radius 2 is 1.84 bits per heavy atom. The normalized spacial score (nSPS) is 20.9. The monoisotopic (exact) mass is 467 g/mol. The summed E-state index contributed by atoms with van der Waals surface area (Å²) in [6.45, 7) is 2.03. The summed E-state index contributed by atoms with van der Waals surface area (Å²) >= 11 is 0. The lowest BCUT2D eigenvalue weighted by Gasteiger charge is -2.34. The van der Waals surface area contributed by atoms with Crippen molar-refractivity contribution in [1.82, 2.24) is 19.8 Å². The Balaban J connectivity index is 1.72. The van der Waals surface area contributed by atoms with Gasteiger partial charge < -0.3 is 15.5 Å². The van der Waals surface area contributed by atoms with Crippen LogP contribution < -0.4 is 5.73 Å². The van der Waals surface area contributed by atoms with Crippen LogP contribution in [0.1, 0.15) is 49.0 Å². The van der Waals surface area contributed by atoms with Gasteiger partial charge in [-0.15, -0.1) is 0 Å². The van der Waals surface area contributed by atoms with E-state index in [1.165, 1.54) is 0 Å². The Morgan fingerprint density at radius 3 is 2.47 bits per heavy atom. The summed E-state index contributed by atoms with van der Waals surface area (Å²) in [4.78, 5) is 33.3. The molecule has 3 heterocycles. The van der Waals surface area contributed by atoms with Gasteiger partial charge in [0.2, 0.25) is 17.6 Å². The molecule has 1 aromatic rings. The Morgan fingerprint density at radius 1 is 1.16 bits per heavy atom. The number of nitrogens with two attached hydrogens (primary N) is 1. The highest BCUT2D eigenvalue weighted by atomic mass is 19.4. The van der Waals surface area contributed by atoms with Crippen LogP contribution >= 0.6 is 0 Å². The molecule has 0 bridgehead atoms. The molecular weight excluding hydrogens is 444 g/mol. The molecule has 0 radical (unpaired) electrons. The maximum Gasteiger partial charge on any atom is 0.451 e. The Bertz CT molecular complexity index is 888. The second kappa shape index (κ2) is 8.83. The molecular formula is C19H23F6N5O2. The van der Waals surface area contributed by atoms with Crippen LogP contribution in [-0.4, -0.2) is 57.3 Å². The van der Waals surface area contributed by atoms with Gasteiger partial charge in [-0.05, 0) is 18.8 Å². The fourth-order valence-corrected chi connectivity index (χ4v) is 3.98. The standard InChI is InChI=1S/C19H23F6N5O2/c1-10-2-3-14(31)30(7-10)8-11(26)6-15(32)29-5-4-12-13(9-29)27-17(19(23,24)25)28-16(12)18(20,21)22/h10-11H,2-9,26H2,1H3/t10-,11+/m0/s1. The van der Waals surface area contributed by atoms with E-state index in [2.05, 4.69) is 9.97 Å². The number of carbonyl (C=O) groups excluding carboxylic acids is 2. The number of hydrogen-bond donors (Lipinski definition) is 1. The van der Waals surface area contributed by atoms with Crippen molar-refractivity contribution >= 4 is 11.8 Å². The minimum absolute atomic E-state index is 0.0611. The summed E-state index contributed by atoms with van der Waals surface area (Å²) < 4.78 is 78.8. The predicted octanol–water partition coefficient (Wildman–Crippen LogP) is 2.37. The number of hydrogen-bond acceptors (Lipinski definition) is 5. The van der Waals surface area contributed by atoms with E-state index in [1.54, 1.807) is 4.90 Å². The predicted molar refractivity (Wildman–Crippen MR) is 98.7 cm³/mol. The fourth-order valence-electron chi connectivity index (χ4n) is 3.98. The summed E-state index contributed by atoms with van der Waals surface area (Å²) in [5, 5.41) is 0. The molecule has 1 aromatic heterocycles. The number of likely N-dealkylation sites (tertiary alicyclic amines) is 1. The zero-order valence-electron chi connectivity index (χ0n) is 17.3. The highest BCUT2D eigenvalue weighted by molar-refractivity contribution is 5.78. The zero-order chi connectivity index (χ0) is 23.8. The van der Waals surface area contributed by atoms with E-state index in [1.807, 2.05) is 6.92 Å². The lowest BCUT2D eigenvalue weighted by atomic mass is 9.98. The third kappa shape index (κ3) is 5.48. The van der Waals surface area contributed by atoms with Gasteiger partial charge in [0.1, 0.15) is 0 Å².